The van der Waals surface area contributed by atoms with Gasteiger partial charge in [-0.3, -0.25) is 14.4 Å². The van der Waals surface area contributed by atoms with Crippen molar-refractivity contribution in [2.24, 2.45) is 4.99 Å². The number of nitrogens with zero attached hydrogens (tertiary/aromatic N) is 2. The molecule has 0 fully saturated rings. The van der Waals surface area contributed by atoms with Crippen molar-refractivity contribution < 1.29 is 4.74 Å². The Morgan fingerprint density at radius 3 is 2.71 bits per heavy atom. The summed E-state index contributed by atoms with van der Waals surface area (Å²) in [6, 6.07) is 22.4. The van der Waals surface area contributed by atoms with Gasteiger partial charge in [-0.1, -0.05) is 65.9 Å². The summed E-state index contributed by atoms with van der Waals surface area (Å²) in [4.78, 5) is 17.5. The van der Waals surface area contributed by atoms with Gasteiger partial charge in [0, 0.05) is 6.54 Å². The molecular weight excluding hydrogens is 368 g/mol. The summed E-state index contributed by atoms with van der Waals surface area (Å²) in [6.07, 6.45) is 1.92. The lowest BCUT2D eigenvalue weighted by Crippen LogP contribution is -2.29. The summed E-state index contributed by atoms with van der Waals surface area (Å²) < 4.78 is 8.46. The molecule has 0 spiro atoms. The molecule has 5 rings (SSSR count). The van der Waals surface area contributed by atoms with E-state index in [1.54, 1.807) is 4.57 Å². The van der Waals surface area contributed by atoms with Crippen LogP contribution in [0, 0.1) is 0 Å². The molecule has 4 aromatic rings. The zero-order valence-electron chi connectivity index (χ0n) is 15.2. The second kappa shape index (κ2) is 7.09. The minimum atomic E-state index is 0.0533. The molecule has 4 nitrogen and oxygen atoms in total. The number of aromatic nitrogens is 1. The Bertz CT molecular complexity index is 1330. The number of hydrogen-bond donors (Lipinski definition) is 0. The molecular formula is C23H18N2O2S. The molecule has 0 aliphatic carbocycles. The van der Waals surface area contributed by atoms with Crippen molar-refractivity contribution in [3.05, 3.63) is 97.5 Å². The fraction of sp³-hybridized carbons (Fsp3) is 0.130. The number of fused-ring (bicyclic) bond motifs is 2. The predicted octanol–water partition coefficient (Wildman–Crippen LogP) is 3.10. The van der Waals surface area contributed by atoms with E-state index in [1.807, 2.05) is 42.5 Å². The van der Waals surface area contributed by atoms with E-state index in [-0.39, 0.29) is 5.56 Å². The van der Waals surface area contributed by atoms with Crippen LogP contribution in [0.4, 0.5) is 0 Å². The Morgan fingerprint density at radius 1 is 1.04 bits per heavy atom. The molecule has 0 saturated heterocycles. The van der Waals surface area contributed by atoms with E-state index in [0.29, 0.717) is 19.7 Å². The number of ether oxygens (including phenoxy) is 1. The molecule has 0 amide bonds. The number of thiazole rings is 1. The van der Waals surface area contributed by atoms with Gasteiger partial charge in [-0.05, 0) is 40.1 Å². The lowest BCUT2D eigenvalue weighted by atomic mass is 10.1. The van der Waals surface area contributed by atoms with E-state index >= 15 is 0 Å². The standard InChI is InChI=1S/C23H18N2O2S/c26-22-21(28-23-24-12-13-25(22)23)14-16-8-10-19(11-9-16)27-15-18-6-3-5-17-4-1-2-7-20(17)18/h1-11,14H,12-13,15H2. The third-order valence-corrected chi connectivity index (χ3v) is 5.96. The Balaban J connectivity index is 1.36. The van der Waals surface area contributed by atoms with Gasteiger partial charge in [0.1, 0.15) is 12.4 Å². The van der Waals surface area contributed by atoms with Gasteiger partial charge in [0.2, 0.25) is 0 Å². The first-order chi connectivity index (χ1) is 13.8. The number of benzene rings is 3. The third-order valence-electron chi connectivity index (χ3n) is 4.91. The minimum Gasteiger partial charge on any atom is -0.489 e. The average molecular weight is 386 g/mol. The molecule has 0 atom stereocenters. The maximum atomic E-state index is 12.4. The molecule has 0 bridgehead atoms. The molecule has 1 aromatic heterocycles. The van der Waals surface area contributed by atoms with Crippen LogP contribution in [0.25, 0.3) is 16.8 Å². The van der Waals surface area contributed by atoms with Crippen LogP contribution in [0.1, 0.15) is 11.1 Å². The average Bonchev–Trinajstić information content (AvgIpc) is 3.31. The van der Waals surface area contributed by atoms with Crippen molar-refractivity contribution in [3.63, 3.8) is 0 Å². The molecule has 5 heteroatoms. The highest BCUT2D eigenvalue weighted by Crippen LogP contribution is 2.21. The van der Waals surface area contributed by atoms with E-state index in [4.69, 9.17) is 4.74 Å². The smallest absolute Gasteiger partial charge is 0.270 e. The third kappa shape index (κ3) is 3.14. The van der Waals surface area contributed by atoms with Crippen LogP contribution >= 0.6 is 11.3 Å². The Kier molecular flexibility index (Phi) is 4.29. The summed E-state index contributed by atoms with van der Waals surface area (Å²) in [5.41, 5.74) is 2.20. The van der Waals surface area contributed by atoms with Gasteiger partial charge in [-0.2, -0.15) is 0 Å². The quantitative estimate of drug-likeness (QED) is 0.541. The molecule has 0 radical (unpaired) electrons. The lowest BCUT2D eigenvalue weighted by molar-refractivity contribution is 0.307. The topological polar surface area (TPSA) is 43.6 Å². The number of hydrogen-bond acceptors (Lipinski definition) is 4. The molecule has 138 valence electrons. The Labute approximate surface area is 165 Å². The fourth-order valence-electron chi connectivity index (χ4n) is 3.46. The summed E-state index contributed by atoms with van der Waals surface area (Å²) in [7, 11) is 0. The Morgan fingerprint density at radius 2 is 1.86 bits per heavy atom. The molecule has 1 aliphatic rings. The van der Waals surface area contributed by atoms with Crippen LogP contribution in [0.15, 0.2) is 76.5 Å². The van der Waals surface area contributed by atoms with Crippen molar-refractivity contribution >= 4 is 28.2 Å². The molecule has 2 heterocycles. The molecule has 3 aromatic carbocycles. The zero-order chi connectivity index (χ0) is 18.9. The second-order valence-electron chi connectivity index (χ2n) is 6.73. The van der Waals surface area contributed by atoms with Crippen molar-refractivity contribution in [1.82, 2.24) is 4.57 Å². The fourth-order valence-corrected chi connectivity index (χ4v) is 4.49. The first-order valence-electron chi connectivity index (χ1n) is 9.23. The van der Waals surface area contributed by atoms with E-state index in [9.17, 15) is 4.79 Å². The summed E-state index contributed by atoms with van der Waals surface area (Å²) in [5, 5.41) is 2.43. The number of rotatable bonds is 4. The lowest BCUT2D eigenvalue weighted by Gasteiger charge is -2.09. The normalized spacial score (nSPS) is 13.5. The molecule has 1 aliphatic heterocycles. The van der Waals surface area contributed by atoms with E-state index in [2.05, 4.69) is 35.3 Å². The van der Waals surface area contributed by atoms with Gasteiger partial charge < -0.3 is 4.74 Å². The Hall–Kier alpha value is -3.18. The first-order valence-corrected chi connectivity index (χ1v) is 10.0. The van der Waals surface area contributed by atoms with Crippen LogP contribution in [0.2, 0.25) is 0 Å². The van der Waals surface area contributed by atoms with Crippen LogP contribution in [-0.4, -0.2) is 11.1 Å². The molecule has 0 unspecified atom stereocenters. The SMILES string of the molecule is O=c1c(=Cc2ccc(OCc3cccc4ccccc34)cc2)sc2n1CCN=2. The molecule has 0 saturated carbocycles. The minimum absolute atomic E-state index is 0.0533. The monoisotopic (exact) mass is 386 g/mol. The zero-order valence-corrected chi connectivity index (χ0v) is 16.0. The largest absolute Gasteiger partial charge is 0.489 e. The van der Waals surface area contributed by atoms with Crippen molar-refractivity contribution in [1.29, 1.82) is 0 Å². The highest BCUT2D eigenvalue weighted by Gasteiger charge is 2.09. The highest BCUT2D eigenvalue weighted by molar-refractivity contribution is 7.07. The van der Waals surface area contributed by atoms with Gasteiger partial charge in [0.15, 0.2) is 4.80 Å². The maximum absolute atomic E-state index is 12.4. The van der Waals surface area contributed by atoms with E-state index in [1.165, 1.54) is 27.7 Å². The van der Waals surface area contributed by atoms with Crippen molar-refractivity contribution in [2.45, 2.75) is 13.2 Å². The second-order valence-corrected chi connectivity index (χ2v) is 7.74. The van der Waals surface area contributed by atoms with Gasteiger partial charge in [0.25, 0.3) is 5.56 Å². The molecule has 28 heavy (non-hydrogen) atoms. The predicted molar refractivity (Wildman–Crippen MR) is 113 cm³/mol. The van der Waals surface area contributed by atoms with Crippen LogP contribution < -0.4 is 19.6 Å². The highest BCUT2D eigenvalue weighted by atomic mass is 32.1. The molecule has 0 N–H and O–H groups in total. The summed E-state index contributed by atoms with van der Waals surface area (Å²) in [5.74, 6) is 0.811. The first kappa shape index (κ1) is 17.0. The van der Waals surface area contributed by atoms with Crippen molar-refractivity contribution in [3.8, 4) is 5.75 Å². The summed E-state index contributed by atoms with van der Waals surface area (Å²) >= 11 is 1.45. The van der Waals surface area contributed by atoms with Crippen molar-refractivity contribution in [2.75, 3.05) is 6.54 Å². The maximum Gasteiger partial charge on any atom is 0.270 e. The van der Waals surface area contributed by atoms with Crippen LogP contribution in [0.3, 0.4) is 0 Å². The van der Waals surface area contributed by atoms with Gasteiger partial charge >= 0.3 is 0 Å². The van der Waals surface area contributed by atoms with Crippen LogP contribution in [0.5, 0.6) is 5.75 Å². The summed E-state index contributed by atoms with van der Waals surface area (Å²) in [6.45, 7) is 1.93. The van der Waals surface area contributed by atoms with Gasteiger partial charge in [-0.15, -0.1) is 0 Å². The van der Waals surface area contributed by atoms with E-state index in [0.717, 1.165) is 20.6 Å². The van der Waals surface area contributed by atoms with Crippen LogP contribution in [-0.2, 0) is 13.2 Å². The van der Waals surface area contributed by atoms with E-state index < -0.39 is 0 Å². The van der Waals surface area contributed by atoms with Gasteiger partial charge in [0.05, 0.1) is 11.1 Å². The van der Waals surface area contributed by atoms with Gasteiger partial charge in [-0.25, -0.2) is 0 Å².